The Morgan fingerprint density at radius 1 is 1.25 bits per heavy atom. The lowest BCUT2D eigenvalue weighted by Crippen LogP contribution is -2.24. The van der Waals surface area contributed by atoms with Crippen LogP contribution in [0.15, 0.2) is 67.8 Å². The molecule has 1 aromatic heterocycles. The minimum absolute atomic E-state index is 0.00998. The molecule has 1 aliphatic rings. The van der Waals surface area contributed by atoms with E-state index >= 15 is 0 Å². The van der Waals surface area contributed by atoms with Gasteiger partial charge in [-0.1, -0.05) is 29.8 Å². The molecule has 0 atom stereocenters. The van der Waals surface area contributed by atoms with Gasteiger partial charge in [-0.05, 0) is 48.5 Å². The van der Waals surface area contributed by atoms with Crippen LogP contribution in [0.5, 0.6) is 0 Å². The Hall–Kier alpha value is -2.62. The van der Waals surface area contributed by atoms with Crippen molar-refractivity contribution in [1.82, 2.24) is 4.98 Å². The number of aliphatic imine (C=N–C) groups is 1. The van der Waals surface area contributed by atoms with Crippen LogP contribution < -0.4 is 11.1 Å². The molecule has 2 heterocycles. The van der Waals surface area contributed by atoms with Gasteiger partial charge in [-0.2, -0.15) is 13.4 Å². The summed E-state index contributed by atoms with van der Waals surface area (Å²) in [5, 5.41) is 4.32. The SMILES string of the molecule is Cc1cc2c(cc1Cl)SC(/N=C(/N)Nc1ccnc3ccccc13)=NS2(=O)=O. The highest BCUT2D eigenvalue weighted by Gasteiger charge is 2.27. The minimum Gasteiger partial charge on any atom is -0.369 e. The number of thioether (sulfide) groups is 1. The van der Waals surface area contributed by atoms with Crippen molar-refractivity contribution < 1.29 is 8.42 Å². The molecule has 0 saturated carbocycles. The van der Waals surface area contributed by atoms with Crippen molar-refractivity contribution in [2.45, 2.75) is 16.7 Å². The third-order valence-corrected chi connectivity index (χ3v) is 6.91. The Bertz CT molecular complexity index is 1270. The molecule has 0 bridgehead atoms. The number of anilines is 1. The van der Waals surface area contributed by atoms with Crippen molar-refractivity contribution in [3.8, 4) is 0 Å². The second kappa shape index (κ2) is 7.08. The standard InChI is InChI=1S/C18H14ClN5O2S2/c1-10-8-16-15(9-12(10)19)27-18(24-28(16,25)26)23-17(20)22-14-6-7-21-13-5-3-2-4-11(13)14/h2-9H,1H3,(H3,20,21,22,23,24). The summed E-state index contributed by atoms with van der Waals surface area (Å²) in [4.78, 5) is 9.00. The fourth-order valence-corrected chi connectivity index (χ4v) is 5.48. The third-order valence-electron chi connectivity index (χ3n) is 4.03. The summed E-state index contributed by atoms with van der Waals surface area (Å²) >= 11 is 7.22. The van der Waals surface area contributed by atoms with Crippen LogP contribution in [-0.4, -0.2) is 24.5 Å². The molecule has 0 aliphatic carbocycles. The zero-order valence-electron chi connectivity index (χ0n) is 14.5. The number of benzene rings is 2. The summed E-state index contributed by atoms with van der Waals surface area (Å²) in [5.74, 6) is 0.0134. The average molecular weight is 432 g/mol. The summed E-state index contributed by atoms with van der Waals surface area (Å²) in [7, 11) is -3.88. The van der Waals surface area contributed by atoms with Crippen molar-refractivity contribution in [1.29, 1.82) is 0 Å². The lowest BCUT2D eigenvalue weighted by molar-refractivity contribution is 0.595. The van der Waals surface area contributed by atoms with Crippen LogP contribution >= 0.6 is 23.4 Å². The summed E-state index contributed by atoms with van der Waals surface area (Å²) in [5.41, 5.74) is 8.16. The van der Waals surface area contributed by atoms with Crippen LogP contribution in [0.4, 0.5) is 5.69 Å². The quantitative estimate of drug-likeness (QED) is 0.448. The maximum absolute atomic E-state index is 12.5. The molecule has 28 heavy (non-hydrogen) atoms. The number of nitrogens with two attached hydrogens (primary N) is 1. The van der Waals surface area contributed by atoms with E-state index in [4.69, 9.17) is 17.3 Å². The number of hydrogen-bond acceptors (Lipinski definition) is 5. The van der Waals surface area contributed by atoms with Gasteiger partial charge in [-0.25, -0.2) is 0 Å². The first-order chi connectivity index (χ1) is 13.3. The number of guanidine groups is 1. The normalized spacial score (nSPS) is 15.8. The second-order valence-electron chi connectivity index (χ2n) is 6.00. The van der Waals surface area contributed by atoms with Crippen LogP contribution in [0, 0.1) is 6.92 Å². The Morgan fingerprint density at radius 3 is 2.86 bits per heavy atom. The minimum atomic E-state index is -3.88. The lowest BCUT2D eigenvalue weighted by atomic mass is 10.2. The number of pyridine rings is 1. The Balaban J connectivity index is 1.67. The lowest BCUT2D eigenvalue weighted by Gasteiger charge is -2.15. The van der Waals surface area contributed by atoms with Crippen LogP contribution in [0.1, 0.15) is 5.56 Å². The topological polar surface area (TPSA) is 110 Å². The molecular weight excluding hydrogens is 418 g/mol. The summed E-state index contributed by atoms with van der Waals surface area (Å²) < 4.78 is 28.7. The van der Waals surface area contributed by atoms with E-state index in [1.54, 1.807) is 25.3 Å². The highest BCUT2D eigenvalue weighted by atomic mass is 35.5. The molecule has 10 heteroatoms. The molecule has 0 radical (unpaired) electrons. The highest BCUT2D eigenvalue weighted by molar-refractivity contribution is 8.15. The van der Waals surface area contributed by atoms with Gasteiger partial charge in [0.25, 0.3) is 10.0 Å². The van der Waals surface area contributed by atoms with Gasteiger partial charge in [0.1, 0.15) is 4.90 Å². The Labute approximate surface area is 170 Å². The van der Waals surface area contributed by atoms with E-state index in [1.165, 1.54) is 6.07 Å². The smallest absolute Gasteiger partial charge is 0.285 e. The number of aryl methyl sites for hydroxylation is 1. The highest BCUT2D eigenvalue weighted by Crippen LogP contribution is 2.37. The van der Waals surface area contributed by atoms with Crippen LogP contribution in [0.25, 0.3) is 10.9 Å². The van der Waals surface area contributed by atoms with Gasteiger partial charge in [0.05, 0.1) is 11.2 Å². The summed E-state index contributed by atoms with van der Waals surface area (Å²) in [6, 6.07) is 12.4. The maximum atomic E-state index is 12.5. The number of amidine groups is 1. The van der Waals surface area contributed by atoms with Gasteiger partial charge in [-0.15, -0.1) is 4.40 Å². The summed E-state index contributed by atoms with van der Waals surface area (Å²) in [6.45, 7) is 1.74. The molecule has 7 nitrogen and oxygen atoms in total. The number of hydrogen-bond donors (Lipinski definition) is 2. The number of fused-ring (bicyclic) bond motifs is 2. The third kappa shape index (κ3) is 3.56. The zero-order valence-corrected chi connectivity index (χ0v) is 16.9. The van der Waals surface area contributed by atoms with E-state index in [9.17, 15) is 8.42 Å². The first kappa shape index (κ1) is 18.7. The number of rotatable bonds is 1. The van der Waals surface area contributed by atoms with E-state index in [0.29, 0.717) is 21.2 Å². The molecule has 4 rings (SSSR count). The van der Waals surface area contributed by atoms with Crippen LogP contribution in [0.3, 0.4) is 0 Å². The number of aromatic nitrogens is 1. The monoisotopic (exact) mass is 431 g/mol. The maximum Gasteiger partial charge on any atom is 0.285 e. The number of sulfonamides is 1. The molecule has 2 aromatic carbocycles. The van der Waals surface area contributed by atoms with E-state index in [-0.39, 0.29) is 16.0 Å². The fourth-order valence-electron chi connectivity index (χ4n) is 2.70. The van der Waals surface area contributed by atoms with E-state index in [1.807, 2.05) is 24.3 Å². The average Bonchev–Trinajstić information content (AvgIpc) is 2.63. The molecule has 0 fully saturated rings. The second-order valence-corrected chi connectivity index (χ2v) is 8.99. The molecule has 0 unspecified atom stereocenters. The van der Waals surface area contributed by atoms with Crippen molar-refractivity contribution in [3.63, 3.8) is 0 Å². The predicted molar refractivity (Wildman–Crippen MR) is 114 cm³/mol. The van der Waals surface area contributed by atoms with Gasteiger partial charge in [0.15, 0.2) is 5.96 Å². The van der Waals surface area contributed by atoms with E-state index < -0.39 is 10.0 Å². The molecule has 142 valence electrons. The fraction of sp³-hybridized carbons (Fsp3) is 0.0556. The Morgan fingerprint density at radius 2 is 2.04 bits per heavy atom. The van der Waals surface area contributed by atoms with Gasteiger partial charge in [0.2, 0.25) is 5.17 Å². The molecule has 0 saturated heterocycles. The van der Waals surface area contributed by atoms with Gasteiger partial charge < -0.3 is 11.1 Å². The largest absolute Gasteiger partial charge is 0.369 e. The van der Waals surface area contributed by atoms with Crippen LogP contribution in [-0.2, 0) is 10.0 Å². The van der Waals surface area contributed by atoms with Crippen molar-refractivity contribution in [2.24, 2.45) is 15.1 Å². The molecular formula is C18H14ClN5O2S2. The van der Waals surface area contributed by atoms with Crippen molar-refractivity contribution in [3.05, 3.63) is 59.2 Å². The molecule has 0 amide bonds. The van der Waals surface area contributed by atoms with Gasteiger partial charge in [0, 0.05) is 21.5 Å². The number of nitrogens with one attached hydrogen (secondary N) is 1. The molecule has 3 aromatic rings. The first-order valence-corrected chi connectivity index (χ1v) is 10.7. The van der Waals surface area contributed by atoms with E-state index in [2.05, 4.69) is 19.7 Å². The van der Waals surface area contributed by atoms with E-state index in [0.717, 1.165) is 22.7 Å². The molecule has 1 aliphatic heterocycles. The number of para-hydroxylation sites is 1. The van der Waals surface area contributed by atoms with Gasteiger partial charge in [-0.3, -0.25) is 4.98 Å². The van der Waals surface area contributed by atoms with Crippen molar-refractivity contribution >= 4 is 61.1 Å². The van der Waals surface area contributed by atoms with Crippen LogP contribution in [0.2, 0.25) is 5.02 Å². The Kier molecular flexibility index (Phi) is 4.74. The first-order valence-electron chi connectivity index (χ1n) is 8.11. The number of nitrogens with zero attached hydrogens (tertiary/aromatic N) is 3. The predicted octanol–water partition coefficient (Wildman–Crippen LogP) is 3.77. The number of halogens is 1. The summed E-state index contributed by atoms with van der Waals surface area (Å²) in [6.07, 6.45) is 1.65. The van der Waals surface area contributed by atoms with Gasteiger partial charge >= 0.3 is 0 Å². The van der Waals surface area contributed by atoms with Crippen molar-refractivity contribution in [2.75, 3.05) is 5.32 Å². The zero-order chi connectivity index (χ0) is 19.9. The molecule has 0 spiro atoms. The molecule has 3 N–H and O–H groups in total.